The second-order valence-corrected chi connectivity index (χ2v) is 8.27. The number of aromatic nitrogens is 4. The number of hydrogen-bond donors (Lipinski definition) is 0. The summed E-state index contributed by atoms with van der Waals surface area (Å²) in [7, 11) is 0. The first-order chi connectivity index (χ1) is 15.2. The first-order valence-electron chi connectivity index (χ1n) is 11.1. The maximum atomic E-state index is 12.8. The highest BCUT2D eigenvalue weighted by atomic mass is 16.1. The number of hydrogen-bond acceptors (Lipinski definition) is 4. The zero-order valence-corrected chi connectivity index (χ0v) is 17.9. The molecule has 6 heteroatoms. The Morgan fingerprint density at radius 3 is 2.55 bits per heavy atom. The minimum atomic E-state index is -0.203. The molecule has 0 unspecified atom stereocenters. The molecule has 1 aliphatic heterocycles. The highest BCUT2D eigenvalue weighted by Crippen LogP contribution is 2.24. The minimum Gasteiger partial charge on any atom is -0.341 e. The van der Waals surface area contributed by atoms with Gasteiger partial charge in [-0.05, 0) is 43.0 Å². The van der Waals surface area contributed by atoms with Crippen LogP contribution in [0.25, 0.3) is 22.8 Å². The zero-order chi connectivity index (χ0) is 21.2. The van der Waals surface area contributed by atoms with Crippen LogP contribution in [0.2, 0.25) is 0 Å². The van der Waals surface area contributed by atoms with E-state index >= 15 is 0 Å². The highest BCUT2D eigenvalue weighted by molar-refractivity contribution is 5.82. The predicted molar refractivity (Wildman–Crippen MR) is 126 cm³/mol. The molecule has 0 amide bonds. The van der Waals surface area contributed by atoms with Crippen molar-refractivity contribution < 1.29 is 0 Å². The molecule has 0 atom stereocenters. The Bertz CT molecular complexity index is 1290. The van der Waals surface area contributed by atoms with E-state index in [1.54, 1.807) is 0 Å². The van der Waals surface area contributed by atoms with Crippen LogP contribution in [0, 0.1) is 6.92 Å². The van der Waals surface area contributed by atoms with Crippen molar-refractivity contribution in [3.05, 3.63) is 76.1 Å². The van der Waals surface area contributed by atoms with E-state index in [1.165, 1.54) is 12.8 Å². The molecule has 2 aromatic carbocycles. The Kier molecular flexibility index (Phi) is 5.28. The smallest absolute Gasteiger partial charge is 0.282 e. The average Bonchev–Trinajstić information content (AvgIpc) is 2.95. The Morgan fingerprint density at radius 1 is 1.00 bits per heavy atom. The van der Waals surface area contributed by atoms with Crippen molar-refractivity contribution in [1.29, 1.82) is 0 Å². The lowest BCUT2D eigenvalue weighted by Gasteiger charge is -2.20. The van der Waals surface area contributed by atoms with Crippen molar-refractivity contribution in [2.45, 2.75) is 39.2 Å². The lowest BCUT2D eigenvalue weighted by molar-refractivity contribution is 0.697. The van der Waals surface area contributed by atoms with Crippen molar-refractivity contribution >= 4 is 28.7 Å². The number of aryl methyl sites for hydroxylation is 1. The topological polar surface area (TPSA) is 55.4 Å². The van der Waals surface area contributed by atoms with Gasteiger partial charge >= 0.3 is 0 Å². The Hall–Kier alpha value is -3.41. The van der Waals surface area contributed by atoms with Gasteiger partial charge in [-0.15, -0.1) is 5.10 Å². The fourth-order valence-corrected chi connectivity index (χ4v) is 4.33. The molecule has 0 N–H and O–H groups in total. The summed E-state index contributed by atoms with van der Waals surface area (Å²) in [5.74, 6) is 1.48. The number of allylic oxidation sites excluding steroid dienone is 1. The van der Waals surface area contributed by atoms with Crippen LogP contribution in [-0.2, 0) is 6.54 Å². The second kappa shape index (κ2) is 8.38. The first kappa shape index (κ1) is 19.5. The monoisotopic (exact) mass is 413 g/mol. The van der Waals surface area contributed by atoms with Crippen LogP contribution >= 0.6 is 0 Å². The molecular formula is C25H27N5O. The molecule has 4 aromatic rings. The molecule has 0 saturated carbocycles. The summed E-state index contributed by atoms with van der Waals surface area (Å²) in [6, 6.07) is 16.1. The molecule has 3 heterocycles. The fraction of sp³-hybridized carbons (Fsp3) is 0.320. The van der Waals surface area contributed by atoms with Crippen LogP contribution < -0.4 is 10.5 Å². The van der Waals surface area contributed by atoms with Gasteiger partial charge in [-0.3, -0.25) is 4.79 Å². The van der Waals surface area contributed by atoms with E-state index in [2.05, 4.69) is 51.6 Å². The van der Waals surface area contributed by atoms with E-state index in [0.717, 1.165) is 48.5 Å². The van der Waals surface area contributed by atoms with Crippen LogP contribution in [0.3, 0.4) is 0 Å². The van der Waals surface area contributed by atoms with Gasteiger partial charge in [-0.2, -0.15) is 4.98 Å². The van der Waals surface area contributed by atoms with Gasteiger partial charge in [0.1, 0.15) is 0 Å². The maximum Gasteiger partial charge on any atom is 0.282 e. The summed E-state index contributed by atoms with van der Waals surface area (Å²) in [6.45, 7) is 4.56. The molecule has 0 aliphatic carbocycles. The predicted octanol–water partition coefficient (Wildman–Crippen LogP) is 4.45. The van der Waals surface area contributed by atoms with Crippen molar-refractivity contribution in [1.82, 2.24) is 19.2 Å². The third-order valence-electron chi connectivity index (χ3n) is 5.94. The van der Waals surface area contributed by atoms with Gasteiger partial charge < -0.3 is 4.90 Å². The Labute approximate surface area is 181 Å². The number of anilines is 1. The molecule has 1 aliphatic rings. The van der Waals surface area contributed by atoms with Crippen molar-refractivity contribution in [2.75, 3.05) is 18.0 Å². The highest BCUT2D eigenvalue weighted by Gasteiger charge is 2.21. The lowest BCUT2D eigenvalue weighted by atomic mass is 10.2. The summed E-state index contributed by atoms with van der Waals surface area (Å²) in [4.78, 5) is 19.6. The van der Waals surface area contributed by atoms with Crippen molar-refractivity contribution in [2.24, 2.45) is 0 Å². The van der Waals surface area contributed by atoms with Gasteiger partial charge in [0.2, 0.25) is 11.7 Å². The van der Waals surface area contributed by atoms with Crippen molar-refractivity contribution in [3.8, 4) is 0 Å². The standard InChI is InChI=1S/C25H27N5O/c1-19-13-14-21-22(18-19)30-24(26-23(21)31)29(17-9-12-20-10-5-4-6-11-20)27-25(30)28-15-7-2-3-8-16-28/h4-6,9-14,18H,2-3,7-8,15-17H2,1H3/b12-9+. The van der Waals surface area contributed by atoms with E-state index in [-0.39, 0.29) is 5.56 Å². The summed E-state index contributed by atoms with van der Waals surface area (Å²) in [5, 5.41) is 5.60. The Balaban J connectivity index is 1.66. The quantitative estimate of drug-likeness (QED) is 0.496. The summed E-state index contributed by atoms with van der Waals surface area (Å²) in [5.41, 5.74) is 2.93. The molecule has 5 rings (SSSR count). The Morgan fingerprint density at radius 2 is 1.77 bits per heavy atom. The SMILES string of the molecule is Cc1ccc2c(=O)nc3n(C/C=C/c4ccccc4)nc(N4CCCCCC4)n3c2c1. The number of benzene rings is 2. The van der Waals surface area contributed by atoms with E-state index in [0.29, 0.717) is 17.7 Å². The normalized spacial score (nSPS) is 15.2. The van der Waals surface area contributed by atoms with Crippen molar-refractivity contribution in [3.63, 3.8) is 0 Å². The molecular weight excluding hydrogens is 386 g/mol. The maximum absolute atomic E-state index is 12.8. The number of rotatable bonds is 4. The van der Waals surface area contributed by atoms with Gasteiger partial charge in [-0.1, -0.05) is 61.4 Å². The van der Waals surface area contributed by atoms with Gasteiger partial charge in [0, 0.05) is 13.1 Å². The van der Waals surface area contributed by atoms with E-state index in [9.17, 15) is 4.79 Å². The third kappa shape index (κ3) is 3.85. The molecule has 2 aromatic heterocycles. The van der Waals surface area contributed by atoms with Gasteiger partial charge in [0.05, 0.1) is 17.4 Å². The molecule has 31 heavy (non-hydrogen) atoms. The molecule has 0 bridgehead atoms. The number of fused-ring (bicyclic) bond motifs is 3. The molecule has 158 valence electrons. The van der Waals surface area contributed by atoms with Crippen LogP contribution in [-0.4, -0.2) is 32.3 Å². The fourth-order valence-electron chi connectivity index (χ4n) is 4.33. The van der Waals surface area contributed by atoms with E-state index in [4.69, 9.17) is 5.10 Å². The third-order valence-corrected chi connectivity index (χ3v) is 5.94. The van der Waals surface area contributed by atoms with Crippen LogP contribution in [0.1, 0.15) is 36.8 Å². The molecule has 1 saturated heterocycles. The molecule has 0 radical (unpaired) electrons. The zero-order valence-electron chi connectivity index (χ0n) is 17.9. The van der Waals surface area contributed by atoms with Crippen LogP contribution in [0.4, 0.5) is 5.95 Å². The minimum absolute atomic E-state index is 0.203. The lowest BCUT2D eigenvalue weighted by Crippen LogP contribution is -2.26. The summed E-state index contributed by atoms with van der Waals surface area (Å²) in [6.07, 6.45) is 8.97. The summed E-state index contributed by atoms with van der Waals surface area (Å²) >= 11 is 0. The number of nitrogens with zero attached hydrogens (tertiary/aromatic N) is 5. The molecule has 1 fully saturated rings. The molecule has 6 nitrogen and oxygen atoms in total. The first-order valence-corrected chi connectivity index (χ1v) is 11.1. The average molecular weight is 414 g/mol. The van der Waals surface area contributed by atoms with Crippen LogP contribution in [0.5, 0.6) is 0 Å². The van der Waals surface area contributed by atoms with E-state index in [1.807, 2.05) is 35.0 Å². The van der Waals surface area contributed by atoms with E-state index < -0.39 is 0 Å². The second-order valence-electron chi connectivity index (χ2n) is 8.27. The molecule has 0 spiro atoms. The van der Waals surface area contributed by atoms with Gasteiger partial charge in [0.15, 0.2) is 0 Å². The van der Waals surface area contributed by atoms with Gasteiger partial charge in [-0.25, -0.2) is 9.08 Å². The largest absolute Gasteiger partial charge is 0.341 e. The van der Waals surface area contributed by atoms with Gasteiger partial charge in [0.25, 0.3) is 5.56 Å². The summed E-state index contributed by atoms with van der Waals surface area (Å²) < 4.78 is 3.92. The van der Waals surface area contributed by atoms with Crippen LogP contribution in [0.15, 0.2) is 59.4 Å².